The van der Waals surface area contributed by atoms with E-state index in [9.17, 15) is 4.79 Å². The first-order chi connectivity index (χ1) is 8.26. The second kappa shape index (κ2) is 6.10. The summed E-state index contributed by atoms with van der Waals surface area (Å²) < 4.78 is 0. The Morgan fingerprint density at radius 2 is 2.06 bits per heavy atom. The molecule has 1 saturated heterocycles. The number of rotatable bonds is 4. The van der Waals surface area contributed by atoms with Gasteiger partial charge in [0.15, 0.2) is 0 Å². The lowest BCUT2D eigenvalue weighted by Gasteiger charge is -2.37. The molecule has 1 N–H and O–H groups in total. The molecule has 2 fully saturated rings. The summed E-state index contributed by atoms with van der Waals surface area (Å²) in [4.78, 5) is 14.1. The predicted octanol–water partition coefficient (Wildman–Crippen LogP) is 2.22. The summed E-state index contributed by atoms with van der Waals surface area (Å²) in [5.74, 6) is 0.316. The minimum atomic E-state index is 0.309. The molecule has 98 valence electrons. The number of carbonyl (C=O) groups is 1. The maximum absolute atomic E-state index is 12.0. The highest BCUT2D eigenvalue weighted by atomic mass is 32.2. The van der Waals surface area contributed by atoms with E-state index in [1.54, 1.807) is 0 Å². The van der Waals surface area contributed by atoms with Crippen LogP contribution in [0.15, 0.2) is 0 Å². The van der Waals surface area contributed by atoms with Gasteiger partial charge in [0, 0.05) is 11.3 Å². The number of hydrogen-bond acceptors (Lipinski definition) is 3. The molecule has 1 aliphatic carbocycles. The van der Waals surface area contributed by atoms with Gasteiger partial charge in [-0.3, -0.25) is 10.1 Å². The lowest BCUT2D eigenvalue weighted by molar-refractivity contribution is -0.131. The van der Waals surface area contributed by atoms with Crippen molar-refractivity contribution in [3.05, 3.63) is 0 Å². The summed E-state index contributed by atoms with van der Waals surface area (Å²) in [6.07, 6.45) is 9.67. The SMILES string of the molecule is CCCC1NCC(=O)N1C1CCC(SC)CC1. The number of nitrogens with zero attached hydrogens (tertiary/aromatic N) is 1. The van der Waals surface area contributed by atoms with Crippen molar-refractivity contribution in [1.82, 2.24) is 10.2 Å². The van der Waals surface area contributed by atoms with Crippen molar-refractivity contribution in [1.29, 1.82) is 0 Å². The van der Waals surface area contributed by atoms with Crippen molar-refractivity contribution in [2.45, 2.75) is 62.9 Å². The Morgan fingerprint density at radius 3 is 2.65 bits per heavy atom. The van der Waals surface area contributed by atoms with Gasteiger partial charge in [-0.25, -0.2) is 0 Å². The molecule has 2 aliphatic rings. The molecule has 2 rings (SSSR count). The number of nitrogens with one attached hydrogen (secondary N) is 1. The van der Waals surface area contributed by atoms with E-state index in [0.29, 0.717) is 24.7 Å². The molecule has 0 aromatic rings. The normalized spacial score (nSPS) is 34.4. The van der Waals surface area contributed by atoms with Gasteiger partial charge in [0.05, 0.1) is 12.7 Å². The molecule has 17 heavy (non-hydrogen) atoms. The van der Waals surface area contributed by atoms with Crippen LogP contribution in [0.25, 0.3) is 0 Å². The van der Waals surface area contributed by atoms with Crippen LogP contribution in [0.3, 0.4) is 0 Å². The molecule has 1 atom stereocenters. The zero-order chi connectivity index (χ0) is 12.3. The van der Waals surface area contributed by atoms with E-state index >= 15 is 0 Å². The largest absolute Gasteiger partial charge is 0.323 e. The molecule has 1 heterocycles. The number of hydrogen-bond donors (Lipinski definition) is 1. The third-order valence-electron chi connectivity index (χ3n) is 4.05. The summed E-state index contributed by atoms with van der Waals surface area (Å²) >= 11 is 1.98. The summed E-state index contributed by atoms with van der Waals surface area (Å²) in [7, 11) is 0. The smallest absolute Gasteiger partial charge is 0.238 e. The molecule has 0 aromatic carbocycles. The van der Waals surface area contributed by atoms with Gasteiger partial charge in [-0.05, 0) is 38.4 Å². The van der Waals surface area contributed by atoms with E-state index in [2.05, 4.69) is 23.4 Å². The predicted molar refractivity (Wildman–Crippen MR) is 73.1 cm³/mol. The Morgan fingerprint density at radius 1 is 1.35 bits per heavy atom. The van der Waals surface area contributed by atoms with Crippen molar-refractivity contribution in [2.75, 3.05) is 12.8 Å². The molecule has 1 amide bonds. The number of amides is 1. The van der Waals surface area contributed by atoms with Gasteiger partial charge in [0.1, 0.15) is 0 Å². The van der Waals surface area contributed by atoms with Crippen LogP contribution in [-0.4, -0.2) is 41.1 Å². The molecule has 0 aromatic heterocycles. The van der Waals surface area contributed by atoms with E-state index in [1.807, 2.05) is 11.8 Å². The van der Waals surface area contributed by atoms with Crippen molar-refractivity contribution < 1.29 is 4.79 Å². The third-order valence-corrected chi connectivity index (χ3v) is 5.18. The first-order valence-corrected chi connectivity index (χ1v) is 8.12. The molecule has 1 aliphatic heterocycles. The molecule has 0 bridgehead atoms. The van der Waals surface area contributed by atoms with Crippen molar-refractivity contribution >= 4 is 17.7 Å². The van der Waals surface area contributed by atoms with Gasteiger partial charge in [0.2, 0.25) is 5.91 Å². The lowest BCUT2D eigenvalue weighted by atomic mass is 9.93. The fraction of sp³-hybridized carbons (Fsp3) is 0.923. The van der Waals surface area contributed by atoms with Gasteiger partial charge in [-0.2, -0.15) is 11.8 Å². The highest BCUT2D eigenvalue weighted by Gasteiger charge is 2.36. The molecule has 3 nitrogen and oxygen atoms in total. The molecular formula is C13H24N2OS. The maximum atomic E-state index is 12.0. The molecule has 0 spiro atoms. The van der Waals surface area contributed by atoms with Crippen LogP contribution in [0.4, 0.5) is 0 Å². The quantitative estimate of drug-likeness (QED) is 0.837. The number of thioether (sulfide) groups is 1. The van der Waals surface area contributed by atoms with Crippen LogP contribution in [0.5, 0.6) is 0 Å². The van der Waals surface area contributed by atoms with Gasteiger partial charge < -0.3 is 4.90 Å². The Kier molecular flexibility index (Phi) is 4.74. The van der Waals surface area contributed by atoms with E-state index in [-0.39, 0.29) is 0 Å². The second-order valence-electron chi connectivity index (χ2n) is 5.15. The van der Waals surface area contributed by atoms with Crippen LogP contribution in [0, 0.1) is 0 Å². The molecule has 1 saturated carbocycles. The fourth-order valence-electron chi connectivity index (χ4n) is 3.10. The average Bonchev–Trinajstić information content (AvgIpc) is 2.71. The van der Waals surface area contributed by atoms with Crippen LogP contribution in [0.1, 0.15) is 45.4 Å². The van der Waals surface area contributed by atoms with Gasteiger partial charge in [-0.15, -0.1) is 0 Å². The zero-order valence-electron chi connectivity index (χ0n) is 10.9. The first-order valence-electron chi connectivity index (χ1n) is 6.83. The molecule has 0 radical (unpaired) electrons. The lowest BCUT2D eigenvalue weighted by Crippen LogP contribution is -2.46. The van der Waals surface area contributed by atoms with Crippen molar-refractivity contribution in [3.63, 3.8) is 0 Å². The summed E-state index contributed by atoms with van der Waals surface area (Å²) in [6.45, 7) is 2.74. The highest BCUT2D eigenvalue weighted by Crippen LogP contribution is 2.31. The maximum Gasteiger partial charge on any atom is 0.238 e. The van der Waals surface area contributed by atoms with E-state index in [1.165, 1.54) is 25.7 Å². The van der Waals surface area contributed by atoms with Crippen LogP contribution in [-0.2, 0) is 4.79 Å². The van der Waals surface area contributed by atoms with Crippen LogP contribution >= 0.6 is 11.8 Å². The van der Waals surface area contributed by atoms with Crippen LogP contribution < -0.4 is 5.32 Å². The van der Waals surface area contributed by atoms with Crippen molar-refractivity contribution in [2.24, 2.45) is 0 Å². The first kappa shape index (κ1) is 13.2. The second-order valence-corrected chi connectivity index (χ2v) is 6.29. The van der Waals surface area contributed by atoms with E-state index in [0.717, 1.165) is 18.1 Å². The standard InChI is InChI=1S/C13H24N2OS/c1-3-4-12-14-9-13(16)15(12)10-5-7-11(17-2)8-6-10/h10-12,14H,3-9H2,1-2H3. The van der Waals surface area contributed by atoms with Gasteiger partial charge in [-0.1, -0.05) is 13.3 Å². The summed E-state index contributed by atoms with van der Waals surface area (Å²) in [6, 6.07) is 0.498. The summed E-state index contributed by atoms with van der Waals surface area (Å²) in [5.41, 5.74) is 0. The third kappa shape index (κ3) is 2.97. The molecule has 4 heteroatoms. The van der Waals surface area contributed by atoms with Crippen LogP contribution in [0.2, 0.25) is 0 Å². The fourth-order valence-corrected chi connectivity index (χ4v) is 3.84. The highest BCUT2D eigenvalue weighted by molar-refractivity contribution is 7.99. The Labute approximate surface area is 109 Å². The minimum Gasteiger partial charge on any atom is -0.323 e. The monoisotopic (exact) mass is 256 g/mol. The van der Waals surface area contributed by atoms with Gasteiger partial charge in [0.25, 0.3) is 0 Å². The Balaban J connectivity index is 1.93. The topological polar surface area (TPSA) is 32.3 Å². The van der Waals surface area contributed by atoms with Gasteiger partial charge >= 0.3 is 0 Å². The van der Waals surface area contributed by atoms with E-state index < -0.39 is 0 Å². The Bertz CT molecular complexity index is 264. The molecular weight excluding hydrogens is 232 g/mol. The molecule has 1 unspecified atom stereocenters. The van der Waals surface area contributed by atoms with Crippen molar-refractivity contribution in [3.8, 4) is 0 Å². The minimum absolute atomic E-state index is 0.309. The number of carbonyl (C=O) groups excluding carboxylic acids is 1. The van der Waals surface area contributed by atoms with E-state index in [4.69, 9.17) is 0 Å². The zero-order valence-corrected chi connectivity index (χ0v) is 11.8. The summed E-state index contributed by atoms with van der Waals surface area (Å²) in [5, 5.41) is 4.17. The Hall–Kier alpha value is -0.220. The average molecular weight is 256 g/mol.